The van der Waals surface area contributed by atoms with Crippen LogP contribution in [0, 0.1) is 0 Å². The highest BCUT2D eigenvalue weighted by molar-refractivity contribution is 7.99. The molecule has 0 fully saturated rings. The third-order valence-corrected chi connectivity index (χ3v) is 7.28. The van der Waals surface area contributed by atoms with Gasteiger partial charge in [0.15, 0.2) is 0 Å². The van der Waals surface area contributed by atoms with E-state index in [9.17, 15) is 13.2 Å². The van der Waals surface area contributed by atoms with Crippen molar-refractivity contribution in [3.8, 4) is 0 Å². The van der Waals surface area contributed by atoms with Crippen molar-refractivity contribution in [1.82, 2.24) is 0 Å². The van der Waals surface area contributed by atoms with Gasteiger partial charge in [0.1, 0.15) is 0 Å². The number of thioether (sulfide) groups is 1. The van der Waals surface area contributed by atoms with E-state index in [0.29, 0.717) is 17.8 Å². The summed E-state index contributed by atoms with van der Waals surface area (Å²) in [6.45, 7) is 4.22. The number of carbonyl (C=O) groups is 1. The van der Waals surface area contributed by atoms with Crippen molar-refractivity contribution in [2.24, 2.45) is 0 Å². The predicted molar refractivity (Wildman–Crippen MR) is 112 cm³/mol. The Balaban J connectivity index is 1.85. The number of amides is 1. The fourth-order valence-electron chi connectivity index (χ4n) is 3.22. The Kier molecular flexibility index (Phi) is 6.11. The van der Waals surface area contributed by atoms with E-state index in [1.165, 1.54) is 4.31 Å². The summed E-state index contributed by atoms with van der Waals surface area (Å²) in [5.41, 5.74) is 3.01. The van der Waals surface area contributed by atoms with E-state index >= 15 is 0 Å². The van der Waals surface area contributed by atoms with E-state index in [1.54, 1.807) is 30.8 Å². The Morgan fingerprint density at radius 1 is 1.19 bits per heavy atom. The Hall–Kier alpha value is -1.99. The van der Waals surface area contributed by atoms with Crippen LogP contribution in [0.4, 0.5) is 11.4 Å². The second-order valence-corrected chi connectivity index (χ2v) is 9.79. The monoisotopic (exact) mass is 404 g/mol. The Labute approximate surface area is 165 Å². The van der Waals surface area contributed by atoms with Gasteiger partial charge in [0.05, 0.1) is 17.0 Å². The van der Waals surface area contributed by atoms with Gasteiger partial charge in [0.25, 0.3) is 5.91 Å². The van der Waals surface area contributed by atoms with Gasteiger partial charge in [-0.15, -0.1) is 11.8 Å². The lowest BCUT2D eigenvalue weighted by atomic mass is 10.0. The van der Waals surface area contributed by atoms with Gasteiger partial charge < -0.3 is 5.32 Å². The summed E-state index contributed by atoms with van der Waals surface area (Å²) >= 11 is 1.63. The molecule has 7 heteroatoms. The number of nitrogens with zero attached hydrogens (tertiary/aromatic N) is 1. The number of fused-ring (bicyclic) bond motifs is 1. The molecule has 1 aliphatic rings. The van der Waals surface area contributed by atoms with Gasteiger partial charge >= 0.3 is 0 Å². The molecule has 0 aromatic heterocycles. The topological polar surface area (TPSA) is 66.5 Å². The van der Waals surface area contributed by atoms with Gasteiger partial charge in [-0.05, 0) is 61.4 Å². The van der Waals surface area contributed by atoms with Crippen molar-refractivity contribution in [3.63, 3.8) is 0 Å². The molecule has 1 aliphatic heterocycles. The number of rotatable bonds is 6. The van der Waals surface area contributed by atoms with Crippen molar-refractivity contribution < 1.29 is 13.2 Å². The van der Waals surface area contributed by atoms with Crippen LogP contribution in [-0.4, -0.2) is 32.4 Å². The van der Waals surface area contributed by atoms with Gasteiger partial charge in [-0.25, -0.2) is 8.42 Å². The van der Waals surface area contributed by atoms with E-state index < -0.39 is 10.0 Å². The molecule has 27 heavy (non-hydrogen) atoms. The molecule has 0 bridgehead atoms. The normalized spacial score (nSPS) is 13.9. The molecule has 0 spiro atoms. The minimum atomic E-state index is -3.28. The molecule has 0 unspecified atom stereocenters. The van der Waals surface area contributed by atoms with Crippen molar-refractivity contribution in [2.75, 3.05) is 27.7 Å². The van der Waals surface area contributed by atoms with Gasteiger partial charge in [0.2, 0.25) is 10.0 Å². The molecule has 1 amide bonds. The highest BCUT2D eigenvalue weighted by Crippen LogP contribution is 2.32. The van der Waals surface area contributed by atoms with Crippen molar-refractivity contribution in [1.29, 1.82) is 0 Å². The second-order valence-electron chi connectivity index (χ2n) is 6.30. The van der Waals surface area contributed by atoms with Gasteiger partial charge in [0, 0.05) is 17.1 Å². The zero-order chi connectivity index (χ0) is 19.4. The second kappa shape index (κ2) is 8.35. The lowest BCUT2D eigenvalue weighted by molar-refractivity contribution is 0.102. The molecule has 2 aromatic carbocycles. The standard InChI is InChI=1S/C20H24N2O3S2/c1-3-26-19-10-6-5-9-17(19)20(23)21-16-11-12-18-15(14-16)8-7-13-22(18)27(24,25)4-2/h5-6,9-12,14H,3-4,7-8,13H2,1-2H3,(H,21,23). The number of carbonyl (C=O) groups excluding carboxylic acids is 1. The Morgan fingerprint density at radius 2 is 1.96 bits per heavy atom. The van der Waals surface area contributed by atoms with Crippen LogP contribution in [0.15, 0.2) is 47.4 Å². The van der Waals surface area contributed by atoms with Crippen LogP contribution in [-0.2, 0) is 16.4 Å². The highest BCUT2D eigenvalue weighted by Gasteiger charge is 2.26. The summed E-state index contributed by atoms with van der Waals surface area (Å²) in [6, 6.07) is 13.0. The van der Waals surface area contributed by atoms with E-state index in [4.69, 9.17) is 0 Å². The lowest BCUT2D eigenvalue weighted by Crippen LogP contribution is -2.36. The van der Waals surface area contributed by atoms with Crippen LogP contribution in [0.3, 0.4) is 0 Å². The molecule has 0 saturated heterocycles. The molecule has 2 aromatic rings. The Morgan fingerprint density at radius 3 is 2.70 bits per heavy atom. The molecular formula is C20H24N2O3S2. The van der Waals surface area contributed by atoms with E-state index in [0.717, 1.165) is 34.7 Å². The maximum Gasteiger partial charge on any atom is 0.256 e. The number of nitrogens with one attached hydrogen (secondary N) is 1. The fourth-order valence-corrected chi connectivity index (χ4v) is 5.22. The van der Waals surface area contributed by atoms with Gasteiger partial charge in [-0.2, -0.15) is 0 Å². The van der Waals surface area contributed by atoms with Crippen molar-refractivity contribution in [2.45, 2.75) is 31.6 Å². The van der Waals surface area contributed by atoms with Crippen LogP contribution in [0.2, 0.25) is 0 Å². The minimum Gasteiger partial charge on any atom is -0.322 e. The van der Waals surface area contributed by atoms with Crippen molar-refractivity contribution >= 4 is 39.1 Å². The first-order chi connectivity index (χ1) is 13.0. The number of anilines is 2. The molecule has 0 atom stereocenters. The zero-order valence-electron chi connectivity index (χ0n) is 15.6. The zero-order valence-corrected chi connectivity index (χ0v) is 17.2. The maximum absolute atomic E-state index is 12.7. The molecule has 5 nitrogen and oxygen atoms in total. The molecule has 0 aliphatic carbocycles. The van der Waals surface area contributed by atoms with Crippen LogP contribution in [0.25, 0.3) is 0 Å². The average Bonchev–Trinajstić information content (AvgIpc) is 2.68. The number of hydrogen-bond donors (Lipinski definition) is 1. The third kappa shape index (κ3) is 4.30. The molecule has 144 valence electrons. The number of sulfonamides is 1. The fraction of sp³-hybridized carbons (Fsp3) is 0.350. The van der Waals surface area contributed by atoms with Crippen LogP contribution < -0.4 is 9.62 Å². The minimum absolute atomic E-state index is 0.0802. The third-order valence-electron chi connectivity index (χ3n) is 4.55. The van der Waals surface area contributed by atoms with Gasteiger partial charge in [-0.3, -0.25) is 9.10 Å². The molecular weight excluding hydrogens is 380 g/mol. The quantitative estimate of drug-likeness (QED) is 0.735. The van der Waals surface area contributed by atoms with E-state index in [2.05, 4.69) is 12.2 Å². The first-order valence-electron chi connectivity index (χ1n) is 9.12. The van der Waals surface area contributed by atoms with E-state index in [-0.39, 0.29) is 11.7 Å². The number of hydrogen-bond acceptors (Lipinski definition) is 4. The van der Waals surface area contributed by atoms with Crippen LogP contribution >= 0.6 is 11.8 Å². The number of benzene rings is 2. The first-order valence-corrected chi connectivity index (χ1v) is 11.7. The molecule has 1 N–H and O–H groups in total. The van der Waals surface area contributed by atoms with Crippen molar-refractivity contribution in [3.05, 3.63) is 53.6 Å². The number of aryl methyl sites for hydroxylation is 1. The predicted octanol–water partition coefficient (Wildman–Crippen LogP) is 4.15. The Bertz CT molecular complexity index is 942. The lowest BCUT2D eigenvalue weighted by Gasteiger charge is -2.30. The highest BCUT2D eigenvalue weighted by atomic mass is 32.2. The molecule has 1 heterocycles. The van der Waals surface area contributed by atoms with E-state index in [1.807, 2.05) is 30.3 Å². The summed E-state index contributed by atoms with van der Waals surface area (Å²) < 4.78 is 26.1. The maximum atomic E-state index is 12.7. The molecule has 0 radical (unpaired) electrons. The molecule has 3 rings (SSSR count). The summed E-state index contributed by atoms with van der Waals surface area (Å²) in [5.74, 6) is 0.821. The molecule has 0 saturated carbocycles. The summed E-state index contributed by atoms with van der Waals surface area (Å²) in [5, 5.41) is 2.95. The van der Waals surface area contributed by atoms with Crippen LogP contribution in [0.5, 0.6) is 0 Å². The summed E-state index contributed by atoms with van der Waals surface area (Å²) in [7, 11) is -3.28. The SMILES string of the molecule is CCSc1ccccc1C(=O)Nc1ccc2c(c1)CCCN2S(=O)(=O)CC. The largest absolute Gasteiger partial charge is 0.322 e. The van der Waals surface area contributed by atoms with Crippen LogP contribution in [0.1, 0.15) is 36.2 Å². The van der Waals surface area contributed by atoms with Gasteiger partial charge in [-0.1, -0.05) is 19.1 Å². The first kappa shape index (κ1) is 19.8. The summed E-state index contributed by atoms with van der Waals surface area (Å²) in [4.78, 5) is 13.7. The average molecular weight is 405 g/mol. The smallest absolute Gasteiger partial charge is 0.256 e. The summed E-state index contributed by atoms with van der Waals surface area (Å²) in [6.07, 6.45) is 1.58.